The molecule has 0 aliphatic carbocycles. The summed E-state index contributed by atoms with van der Waals surface area (Å²) in [5.74, 6) is -0.0137. The first-order chi connectivity index (χ1) is 9.38. The van der Waals surface area contributed by atoms with Crippen LogP contribution in [0.2, 0.25) is 0 Å². The van der Waals surface area contributed by atoms with Crippen LogP contribution in [0.25, 0.3) is 0 Å². The summed E-state index contributed by atoms with van der Waals surface area (Å²) in [5.41, 5.74) is 0.306. The first-order valence-corrected chi connectivity index (χ1v) is 7.21. The molecular weight excluding hydrogens is 329 g/mol. The topological polar surface area (TPSA) is 49.6 Å². The largest absolute Gasteiger partial charge is 0.366 e. The molecule has 20 heavy (non-hydrogen) atoms. The minimum Gasteiger partial charge on any atom is -0.366 e. The van der Waals surface area contributed by atoms with Gasteiger partial charge < -0.3 is 9.80 Å². The van der Waals surface area contributed by atoms with Crippen LogP contribution in [0.15, 0.2) is 16.6 Å². The van der Waals surface area contributed by atoms with Gasteiger partial charge in [-0.1, -0.05) is 0 Å². The lowest BCUT2D eigenvalue weighted by atomic mass is 10.1. The minimum absolute atomic E-state index is 0.0584. The normalized spacial score (nSPS) is 18.9. The molecule has 110 valence electrons. The van der Waals surface area contributed by atoms with Crippen LogP contribution in [0, 0.1) is 21.8 Å². The minimum atomic E-state index is -0.464. The van der Waals surface area contributed by atoms with Crippen molar-refractivity contribution in [2.75, 3.05) is 38.6 Å². The fourth-order valence-corrected chi connectivity index (χ4v) is 3.26. The number of halogens is 2. The lowest BCUT2D eigenvalue weighted by Crippen LogP contribution is -2.26. The average Bonchev–Trinajstić information content (AvgIpc) is 2.74. The van der Waals surface area contributed by atoms with Crippen molar-refractivity contribution in [2.24, 2.45) is 5.92 Å². The molecule has 1 aliphatic rings. The van der Waals surface area contributed by atoms with Crippen molar-refractivity contribution in [2.45, 2.75) is 6.42 Å². The van der Waals surface area contributed by atoms with E-state index in [1.807, 2.05) is 19.0 Å². The van der Waals surface area contributed by atoms with E-state index in [4.69, 9.17) is 0 Å². The molecule has 1 heterocycles. The van der Waals surface area contributed by atoms with Crippen LogP contribution >= 0.6 is 15.9 Å². The van der Waals surface area contributed by atoms with Gasteiger partial charge in [0.2, 0.25) is 0 Å². The Kier molecular flexibility index (Phi) is 4.59. The molecule has 1 atom stereocenters. The van der Waals surface area contributed by atoms with Crippen LogP contribution in [0.5, 0.6) is 0 Å². The number of nitro benzene ring substituents is 1. The fraction of sp³-hybridized carbons (Fsp3) is 0.538. The van der Waals surface area contributed by atoms with E-state index < -0.39 is 10.7 Å². The summed E-state index contributed by atoms with van der Waals surface area (Å²) in [7, 11) is 4.01. The van der Waals surface area contributed by atoms with Gasteiger partial charge in [-0.2, -0.15) is 0 Å². The van der Waals surface area contributed by atoms with Gasteiger partial charge >= 0.3 is 5.69 Å². The third-order valence-electron chi connectivity index (χ3n) is 3.44. The summed E-state index contributed by atoms with van der Waals surface area (Å²) in [4.78, 5) is 14.7. The van der Waals surface area contributed by atoms with E-state index in [2.05, 4.69) is 20.8 Å². The monoisotopic (exact) mass is 345 g/mol. The van der Waals surface area contributed by atoms with E-state index in [0.29, 0.717) is 11.6 Å². The molecule has 1 saturated heterocycles. The van der Waals surface area contributed by atoms with Gasteiger partial charge in [-0.3, -0.25) is 10.1 Å². The fourth-order valence-electron chi connectivity index (χ4n) is 2.69. The maximum atomic E-state index is 13.5. The molecule has 1 aromatic carbocycles. The SMILES string of the molecule is CN(C)CC1CCN(c2cc(F)cc(Br)c2[N+](=O)[O-])C1. The molecule has 1 aromatic rings. The smallest absolute Gasteiger partial charge is 0.306 e. The number of rotatable bonds is 4. The molecular formula is C13H17BrFN3O2. The standard InChI is InChI=1S/C13H17BrFN3O2/c1-16(2)7-9-3-4-17(8-9)12-6-10(15)5-11(14)13(12)18(19)20/h5-6,9H,3-4,7-8H2,1-2H3. The third kappa shape index (κ3) is 3.27. The second-order valence-corrected chi connectivity index (χ2v) is 6.23. The van der Waals surface area contributed by atoms with E-state index in [-0.39, 0.29) is 10.2 Å². The highest BCUT2D eigenvalue weighted by Crippen LogP contribution is 2.38. The van der Waals surface area contributed by atoms with Crippen molar-refractivity contribution < 1.29 is 9.31 Å². The lowest BCUT2D eigenvalue weighted by molar-refractivity contribution is -0.385. The summed E-state index contributed by atoms with van der Waals surface area (Å²) >= 11 is 3.08. The van der Waals surface area contributed by atoms with Crippen molar-refractivity contribution in [3.63, 3.8) is 0 Å². The van der Waals surface area contributed by atoms with Gasteiger partial charge in [-0.25, -0.2) is 4.39 Å². The summed E-state index contributed by atoms with van der Waals surface area (Å²) < 4.78 is 13.7. The van der Waals surface area contributed by atoms with Crippen LogP contribution < -0.4 is 4.90 Å². The van der Waals surface area contributed by atoms with Crippen molar-refractivity contribution >= 4 is 27.3 Å². The molecule has 0 radical (unpaired) electrons. The summed E-state index contributed by atoms with van der Waals surface area (Å²) in [6.07, 6.45) is 0.962. The van der Waals surface area contributed by atoms with Crippen molar-refractivity contribution in [1.29, 1.82) is 0 Å². The summed E-state index contributed by atoms with van der Waals surface area (Å²) in [5, 5.41) is 11.2. The molecule has 7 heteroatoms. The van der Waals surface area contributed by atoms with Crippen LogP contribution in [0.4, 0.5) is 15.8 Å². The Balaban J connectivity index is 2.27. The highest BCUT2D eigenvalue weighted by molar-refractivity contribution is 9.10. The number of hydrogen-bond donors (Lipinski definition) is 0. The molecule has 1 fully saturated rings. The molecule has 0 bridgehead atoms. The number of anilines is 1. The van der Waals surface area contributed by atoms with Crippen LogP contribution in [0.1, 0.15) is 6.42 Å². The van der Waals surface area contributed by atoms with E-state index in [9.17, 15) is 14.5 Å². The zero-order valence-electron chi connectivity index (χ0n) is 11.5. The number of nitro groups is 1. The Bertz CT molecular complexity index is 525. The average molecular weight is 346 g/mol. The van der Waals surface area contributed by atoms with Gasteiger partial charge in [0.25, 0.3) is 0 Å². The zero-order chi connectivity index (χ0) is 14.9. The molecule has 0 aromatic heterocycles. The van der Waals surface area contributed by atoms with Crippen molar-refractivity contribution in [3.05, 3.63) is 32.5 Å². The predicted molar refractivity (Wildman–Crippen MR) is 79.6 cm³/mol. The van der Waals surface area contributed by atoms with E-state index in [0.717, 1.165) is 32.1 Å². The predicted octanol–water partition coefficient (Wildman–Crippen LogP) is 2.88. The Morgan fingerprint density at radius 1 is 1.55 bits per heavy atom. The number of hydrogen-bond acceptors (Lipinski definition) is 4. The first kappa shape index (κ1) is 15.2. The second kappa shape index (κ2) is 6.05. The maximum Gasteiger partial charge on any atom is 0.306 e. The van der Waals surface area contributed by atoms with Gasteiger partial charge in [0, 0.05) is 25.7 Å². The molecule has 5 nitrogen and oxygen atoms in total. The van der Waals surface area contributed by atoms with Gasteiger partial charge in [0.05, 0.1) is 4.92 Å². The second-order valence-electron chi connectivity index (χ2n) is 5.38. The lowest BCUT2D eigenvalue weighted by Gasteiger charge is -2.20. The van der Waals surface area contributed by atoms with Crippen molar-refractivity contribution in [1.82, 2.24) is 4.90 Å². The molecule has 2 rings (SSSR count). The molecule has 1 aliphatic heterocycles. The number of benzene rings is 1. The molecule has 1 unspecified atom stereocenters. The van der Waals surface area contributed by atoms with Crippen LogP contribution in [-0.2, 0) is 0 Å². The molecule has 0 N–H and O–H groups in total. The maximum absolute atomic E-state index is 13.5. The molecule has 0 saturated carbocycles. The zero-order valence-corrected chi connectivity index (χ0v) is 13.1. The van der Waals surface area contributed by atoms with Gasteiger partial charge in [-0.15, -0.1) is 0 Å². The highest BCUT2D eigenvalue weighted by Gasteiger charge is 2.30. The quantitative estimate of drug-likeness (QED) is 0.621. The van der Waals surface area contributed by atoms with E-state index >= 15 is 0 Å². The number of nitrogens with zero attached hydrogens (tertiary/aromatic N) is 3. The van der Waals surface area contributed by atoms with Gasteiger partial charge in [-0.05, 0) is 48.4 Å². The van der Waals surface area contributed by atoms with E-state index in [1.165, 1.54) is 6.07 Å². The summed E-state index contributed by atoms with van der Waals surface area (Å²) in [6, 6.07) is 2.38. The van der Waals surface area contributed by atoms with Gasteiger partial charge in [0.15, 0.2) is 0 Å². The van der Waals surface area contributed by atoms with Crippen LogP contribution in [-0.4, -0.2) is 43.6 Å². The summed E-state index contributed by atoms with van der Waals surface area (Å²) in [6.45, 7) is 2.37. The van der Waals surface area contributed by atoms with Crippen molar-refractivity contribution in [3.8, 4) is 0 Å². The molecule has 0 spiro atoms. The van der Waals surface area contributed by atoms with Gasteiger partial charge in [0.1, 0.15) is 16.0 Å². The Morgan fingerprint density at radius 2 is 2.25 bits per heavy atom. The highest BCUT2D eigenvalue weighted by atomic mass is 79.9. The Morgan fingerprint density at radius 3 is 2.85 bits per heavy atom. The van der Waals surface area contributed by atoms with Crippen LogP contribution in [0.3, 0.4) is 0 Å². The Labute approximate surface area is 125 Å². The Hall–Kier alpha value is -1.21. The third-order valence-corrected chi connectivity index (χ3v) is 4.05. The molecule has 0 amide bonds. The van der Waals surface area contributed by atoms with E-state index in [1.54, 1.807) is 0 Å². The first-order valence-electron chi connectivity index (χ1n) is 6.41.